The van der Waals surface area contributed by atoms with Crippen molar-refractivity contribution in [2.75, 3.05) is 13.1 Å². The quantitative estimate of drug-likeness (QED) is 0.540. The highest BCUT2D eigenvalue weighted by Crippen LogP contribution is 2.22. The first-order chi connectivity index (χ1) is 13.1. The van der Waals surface area contributed by atoms with Crippen LogP contribution in [0.2, 0.25) is 0 Å². The van der Waals surface area contributed by atoms with Gasteiger partial charge in [-0.05, 0) is 26.2 Å². The number of aryl methyl sites for hydroxylation is 1. The van der Waals surface area contributed by atoms with Crippen molar-refractivity contribution in [1.29, 1.82) is 0 Å². The van der Waals surface area contributed by atoms with Crippen molar-refractivity contribution in [3.05, 3.63) is 23.8 Å². The fourth-order valence-electron chi connectivity index (χ4n) is 2.99. The molecule has 2 rings (SSSR count). The van der Waals surface area contributed by atoms with Crippen LogP contribution in [0.4, 0.5) is 0 Å². The fraction of sp³-hybridized carbons (Fsp3) is 0.632. The van der Waals surface area contributed by atoms with Crippen LogP contribution >= 0.6 is 0 Å². The molecule has 3 N–H and O–H groups in total. The number of aliphatic imine (C=N–C) groups is 1. The molecular formula is C19H29N5O3. The molecule has 0 saturated heterocycles. The van der Waals surface area contributed by atoms with Crippen molar-refractivity contribution in [2.45, 2.75) is 64.2 Å². The molecule has 1 aromatic heterocycles. The molecule has 2 heterocycles. The molecule has 0 radical (unpaired) electrons. The zero-order valence-corrected chi connectivity index (χ0v) is 15.9. The van der Waals surface area contributed by atoms with Crippen LogP contribution < -0.4 is 10.6 Å². The average Bonchev–Trinajstić information content (AvgIpc) is 2.65. The molecule has 1 aliphatic rings. The Bertz CT molecular complexity index is 645. The molecule has 27 heavy (non-hydrogen) atoms. The summed E-state index contributed by atoms with van der Waals surface area (Å²) in [5, 5.41) is 15.3. The first kappa shape index (κ1) is 20.8. The standard InChI is InChI=1S/C19H29N5O3/c1-14-22-12-15(13-23-14)16(18(26)27)8-5-3-2-4-6-9-17(25)24-19-20-10-7-11-21-19/h12-13,16H,2-11H2,1H3,(H,26,27)(H2,20,21,24,25)/t16-/m1/s1. The maximum atomic E-state index is 11.8. The molecule has 0 bridgehead atoms. The zero-order chi connectivity index (χ0) is 19.5. The average molecular weight is 375 g/mol. The summed E-state index contributed by atoms with van der Waals surface area (Å²) in [6.07, 6.45) is 9.82. The smallest absolute Gasteiger partial charge is 0.311 e. The summed E-state index contributed by atoms with van der Waals surface area (Å²) in [6, 6.07) is 0. The van der Waals surface area contributed by atoms with Gasteiger partial charge in [-0.1, -0.05) is 25.7 Å². The minimum Gasteiger partial charge on any atom is -0.481 e. The van der Waals surface area contributed by atoms with E-state index < -0.39 is 11.9 Å². The van der Waals surface area contributed by atoms with Crippen molar-refractivity contribution in [3.8, 4) is 0 Å². The second-order valence-corrected chi connectivity index (χ2v) is 6.82. The maximum absolute atomic E-state index is 11.8. The highest BCUT2D eigenvalue weighted by atomic mass is 16.4. The van der Waals surface area contributed by atoms with Gasteiger partial charge in [0.15, 0.2) is 5.96 Å². The van der Waals surface area contributed by atoms with Gasteiger partial charge in [-0.15, -0.1) is 0 Å². The number of hydrogen-bond acceptors (Lipinski definition) is 6. The minimum atomic E-state index is -0.835. The Hall–Kier alpha value is -2.51. The molecule has 1 aliphatic heterocycles. The van der Waals surface area contributed by atoms with Gasteiger partial charge in [0.25, 0.3) is 0 Å². The largest absolute Gasteiger partial charge is 0.481 e. The van der Waals surface area contributed by atoms with E-state index in [1.807, 2.05) is 0 Å². The molecule has 8 nitrogen and oxygen atoms in total. The Labute approximate surface area is 159 Å². The maximum Gasteiger partial charge on any atom is 0.311 e. The summed E-state index contributed by atoms with van der Waals surface area (Å²) in [4.78, 5) is 35.7. The van der Waals surface area contributed by atoms with Gasteiger partial charge in [0.2, 0.25) is 5.91 Å². The first-order valence-electron chi connectivity index (χ1n) is 9.66. The molecular weight excluding hydrogens is 346 g/mol. The summed E-state index contributed by atoms with van der Waals surface area (Å²) < 4.78 is 0. The van der Waals surface area contributed by atoms with Crippen LogP contribution in [0.5, 0.6) is 0 Å². The lowest BCUT2D eigenvalue weighted by Gasteiger charge is -2.15. The van der Waals surface area contributed by atoms with Crippen LogP contribution in [0.3, 0.4) is 0 Å². The number of nitrogens with zero attached hydrogens (tertiary/aromatic N) is 3. The molecule has 0 fully saturated rings. The third-order valence-corrected chi connectivity index (χ3v) is 4.55. The van der Waals surface area contributed by atoms with Crippen LogP contribution in [0.15, 0.2) is 17.4 Å². The number of hydrogen-bond donors (Lipinski definition) is 3. The van der Waals surface area contributed by atoms with Gasteiger partial charge < -0.3 is 10.4 Å². The summed E-state index contributed by atoms with van der Waals surface area (Å²) in [7, 11) is 0. The van der Waals surface area contributed by atoms with Gasteiger partial charge in [-0.2, -0.15) is 0 Å². The molecule has 8 heteroatoms. The molecule has 0 aromatic carbocycles. The van der Waals surface area contributed by atoms with E-state index >= 15 is 0 Å². The van der Waals surface area contributed by atoms with Gasteiger partial charge in [0.05, 0.1) is 5.92 Å². The van der Waals surface area contributed by atoms with Gasteiger partial charge in [0.1, 0.15) is 5.82 Å². The van der Waals surface area contributed by atoms with Gasteiger partial charge >= 0.3 is 5.97 Å². The zero-order valence-electron chi connectivity index (χ0n) is 15.9. The molecule has 1 atom stereocenters. The minimum absolute atomic E-state index is 0.00605. The van der Waals surface area contributed by atoms with E-state index in [2.05, 4.69) is 25.6 Å². The van der Waals surface area contributed by atoms with Crippen LogP contribution in [0.25, 0.3) is 0 Å². The number of amides is 1. The van der Waals surface area contributed by atoms with Crippen LogP contribution in [-0.4, -0.2) is 46.0 Å². The number of carboxylic acid groups (broad SMARTS) is 1. The molecule has 0 saturated carbocycles. The highest BCUT2D eigenvalue weighted by Gasteiger charge is 2.20. The van der Waals surface area contributed by atoms with Crippen LogP contribution in [-0.2, 0) is 9.59 Å². The van der Waals surface area contributed by atoms with Gasteiger partial charge in [-0.3, -0.25) is 19.9 Å². The lowest BCUT2D eigenvalue weighted by atomic mass is 9.95. The number of carboxylic acids is 1. The highest BCUT2D eigenvalue weighted by molar-refractivity contribution is 5.97. The van der Waals surface area contributed by atoms with Crippen molar-refractivity contribution in [1.82, 2.24) is 20.6 Å². The van der Waals surface area contributed by atoms with Crippen molar-refractivity contribution in [3.63, 3.8) is 0 Å². The monoisotopic (exact) mass is 375 g/mol. The molecule has 148 valence electrons. The Morgan fingerprint density at radius 3 is 2.56 bits per heavy atom. The second-order valence-electron chi connectivity index (χ2n) is 6.82. The fourth-order valence-corrected chi connectivity index (χ4v) is 2.99. The Morgan fingerprint density at radius 1 is 1.19 bits per heavy atom. The summed E-state index contributed by atoms with van der Waals surface area (Å²) >= 11 is 0. The molecule has 1 aromatic rings. The number of aliphatic carboxylic acids is 1. The number of carbonyl (C=O) groups excluding carboxylic acids is 1. The summed E-state index contributed by atoms with van der Waals surface area (Å²) in [6.45, 7) is 3.39. The van der Waals surface area contributed by atoms with E-state index in [-0.39, 0.29) is 5.91 Å². The number of guanidine groups is 1. The van der Waals surface area contributed by atoms with Gasteiger partial charge in [-0.25, -0.2) is 9.97 Å². The van der Waals surface area contributed by atoms with Crippen LogP contribution in [0.1, 0.15) is 68.7 Å². The van der Waals surface area contributed by atoms with E-state index in [4.69, 9.17) is 0 Å². The summed E-state index contributed by atoms with van der Waals surface area (Å²) in [5.41, 5.74) is 0.656. The first-order valence-corrected chi connectivity index (χ1v) is 9.66. The third-order valence-electron chi connectivity index (χ3n) is 4.55. The number of nitrogens with one attached hydrogen (secondary N) is 2. The predicted octanol–water partition coefficient (Wildman–Crippen LogP) is 2.15. The number of unbranched alkanes of at least 4 members (excludes halogenated alkanes) is 4. The van der Waals surface area contributed by atoms with Crippen LogP contribution in [0, 0.1) is 6.92 Å². The lowest BCUT2D eigenvalue weighted by Crippen LogP contribution is -2.43. The van der Waals surface area contributed by atoms with E-state index in [9.17, 15) is 14.7 Å². The Morgan fingerprint density at radius 2 is 1.89 bits per heavy atom. The van der Waals surface area contributed by atoms with E-state index in [0.717, 1.165) is 51.6 Å². The third kappa shape index (κ3) is 7.72. The Balaban J connectivity index is 1.57. The number of rotatable bonds is 10. The van der Waals surface area contributed by atoms with Gasteiger partial charge in [0, 0.05) is 37.5 Å². The number of carbonyl (C=O) groups is 2. The topological polar surface area (TPSA) is 117 Å². The van der Waals surface area contributed by atoms with Crippen molar-refractivity contribution in [2.24, 2.45) is 4.99 Å². The second kappa shape index (κ2) is 11.3. The SMILES string of the molecule is Cc1ncc([C@@H](CCCCCCCC(=O)NC2=NCCCN2)C(=O)O)cn1. The Kier molecular flexibility index (Phi) is 8.67. The predicted molar refractivity (Wildman–Crippen MR) is 103 cm³/mol. The van der Waals surface area contributed by atoms with E-state index in [0.29, 0.717) is 30.2 Å². The molecule has 0 aliphatic carbocycles. The van der Waals surface area contributed by atoms with Crippen molar-refractivity contribution < 1.29 is 14.7 Å². The van der Waals surface area contributed by atoms with E-state index in [1.54, 1.807) is 19.3 Å². The van der Waals surface area contributed by atoms with Crippen molar-refractivity contribution >= 4 is 17.8 Å². The number of aromatic nitrogens is 2. The molecule has 0 unspecified atom stereocenters. The normalized spacial score (nSPS) is 14.8. The molecule has 0 spiro atoms. The lowest BCUT2D eigenvalue weighted by molar-refractivity contribution is -0.139. The van der Waals surface area contributed by atoms with E-state index in [1.165, 1.54) is 0 Å². The molecule has 1 amide bonds. The summed E-state index contributed by atoms with van der Waals surface area (Å²) in [5.74, 6) is -0.170.